The first kappa shape index (κ1) is 17.9. The maximum atomic E-state index is 11.9. The van der Waals surface area contributed by atoms with Gasteiger partial charge in [-0.3, -0.25) is 4.79 Å². The molecule has 6 nitrogen and oxygen atoms in total. The summed E-state index contributed by atoms with van der Waals surface area (Å²) < 4.78 is 5.66. The van der Waals surface area contributed by atoms with Crippen LogP contribution >= 0.6 is 11.3 Å². The van der Waals surface area contributed by atoms with Crippen molar-refractivity contribution >= 4 is 34.0 Å². The van der Waals surface area contributed by atoms with Crippen LogP contribution in [0, 0.1) is 6.92 Å². The molecule has 7 heteroatoms. The molecule has 0 saturated heterocycles. The van der Waals surface area contributed by atoms with Crippen molar-refractivity contribution in [2.75, 3.05) is 13.2 Å². The van der Waals surface area contributed by atoms with Gasteiger partial charge in [0.2, 0.25) is 5.91 Å². The lowest BCUT2D eigenvalue weighted by atomic mass is 10.1. The van der Waals surface area contributed by atoms with Gasteiger partial charge in [-0.05, 0) is 29.8 Å². The number of aryl methyl sites for hydroxylation is 1. The minimum atomic E-state index is -1.02. The van der Waals surface area contributed by atoms with Crippen LogP contribution in [-0.2, 0) is 11.2 Å². The quantitative estimate of drug-likeness (QED) is 0.624. The molecular weight excluding hydrogens is 352 g/mol. The average Bonchev–Trinajstić information content (AvgIpc) is 2.99. The first-order valence-electron chi connectivity index (χ1n) is 8.11. The second-order valence-corrected chi connectivity index (χ2v) is 6.80. The first-order valence-corrected chi connectivity index (χ1v) is 8.92. The van der Waals surface area contributed by atoms with E-state index in [0.717, 1.165) is 27.9 Å². The summed E-state index contributed by atoms with van der Waals surface area (Å²) in [6.07, 6.45) is 0.0642. The fourth-order valence-electron chi connectivity index (χ4n) is 2.54. The molecule has 0 unspecified atom stereocenters. The predicted molar refractivity (Wildman–Crippen MR) is 100.0 cm³/mol. The zero-order valence-corrected chi connectivity index (χ0v) is 15.0. The van der Waals surface area contributed by atoms with Gasteiger partial charge in [0.15, 0.2) is 0 Å². The number of amides is 1. The Morgan fingerprint density at radius 3 is 2.69 bits per heavy atom. The van der Waals surface area contributed by atoms with E-state index in [9.17, 15) is 9.59 Å². The number of carboxylic acid groups (broad SMARTS) is 1. The van der Waals surface area contributed by atoms with Gasteiger partial charge in [0, 0.05) is 0 Å². The largest absolute Gasteiger partial charge is 0.492 e. The van der Waals surface area contributed by atoms with Crippen molar-refractivity contribution in [1.82, 2.24) is 10.3 Å². The Labute approximate surface area is 154 Å². The third-order valence-corrected chi connectivity index (χ3v) is 4.91. The van der Waals surface area contributed by atoms with Crippen LogP contribution < -0.4 is 10.1 Å². The van der Waals surface area contributed by atoms with Gasteiger partial charge < -0.3 is 15.2 Å². The van der Waals surface area contributed by atoms with E-state index < -0.39 is 5.97 Å². The van der Waals surface area contributed by atoms with Gasteiger partial charge >= 0.3 is 5.97 Å². The molecule has 0 fully saturated rings. The van der Waals surface area contributed by atoms with Crippen molar-refractivity contribution < 1.29 is 19.4 Å². The molecule has 1 aromatic heterocycles. The van der Waals surface area contributed by atoms with Gasteiger partial charge in [0.1, 0.15) is 22.2 Å². The molecule has 0 radical (unpaired) electrons. The maximum absolute atomic E-state index is 11.9. The van der Waals surface area contributed by atoms with Crippen LogP contribution in [-0.4, -0.2) is 35.1 Å². The maximum Gasteiger partial charge on any atom is 0.347 e. The summed E-state index contributed by atoms with van der Waals surface area (Å²) in [5.74, 6) is -0.479. The highest BCUT2D eigenvalue weighted by molar-refractivity contribution is 7.13. The summed E-state index contributed by atoms with van der Waals surface area (Å²) in [6.45, 7) is 2.34. The molecule has 3 aromatic rings. The zero-order chi connectivity index (χ0) is 18.5. The van der Waals surface area contributed by atoms with Gasteiger partial charge in [-0.25, -0.2) is 9.78 Å². The van der Waals surface area contributed by atoms with Crippen LogP contribution in [0.4, 0.5) is 0 Å². The lowest BCUT2D eigenvalue weighted by Gasteiger charge is -2.08. The van der Waals surface area contributed by atoms with Crippen molar-refractivity contribution in [1.29, 1.82) is 0 Å². The summed E-state index contributed by atoms with van der Waals surface area (Å²) in [4.78, 5) is 27.2. The highest BCUT2D eigenvalue weighted by atomic mass is 32.1. The van der Waals surface area contributed by atoms with Crippen LogP contribution in [0.25, 0.3) is 10.8 Å². The standard InChI is InChI=1S/C19H18N2O4S/c1-12-18(19(23)24)26-17(21-12)11-16(22)20-8-9-25-15-7-6-13-4-2-3-5-14(13)10-15/h2-7,10H,8-9,11H2,1H3,(H,20,22)(H,23,24). The zero-order valence-electron chi connectivity index (χ0n) is 14.2. The van der Waals surface area contributed by atoms with E-state index >= 15 is 0 Å². The topological polar surface area (TPSA) is 88.5 Å². The van der Waals surface area contributed by atoms with Crippen LogP contribution in [0.3, 0.4) is 0 Å². The van der Waals surface area contributed by atoms with E-state index in [2.05, 4.69) is 10.3 Å². The summed E-state index contributed by atoms with van der Waals surface area (Å²) in [5.41, 5.74) is 0.435. The number of ether oxygens (including phenoxy) is 1. The summed E-state index contributed by atoms with van der Waals surface area (Å²) in [7, 11) is 0. The third-order valence-electron chi connectivity index (χ3n) is 3.76. The number of nitrogens with zero attached hydrogens (tertiary/aromatic N) is 1. The van der Waals surface area contributed by atoms with Crippen LogP contribution in [0.2, 0.25) is 0 Å². The highest BCUT2D eigenvalue weighted by Crippen LogP contribution is 2.20. The molecule has 0 aliphatic carbocycles. The molecule has 0 aliphatic heterocycles. The number of aromatic carboxylic acids is 1. The van der Waals surface area contributed by atoms with Crippen molar-refractivity contribution in [2.24, 2.45) is 0 Å². The van der Waals surface area contributed by atoms with Gasteiger partial charge in [0.25, 0.3) is 0 Å². The Bertz CT molecular complexity index is 952. The molecule has 134 valence electrons. The van der Waals surface area contributed by atoms with Gasteiger partial charge in [0.05, 0.1) is 18.7 Å². The molecule has 1 heterocycles. The molecule has 2 aromatic carbocycles. The molecule has 3 rings (SSSR count). The van der Waals surface area contributed by atoms with E-state index in [1.54, 1.807) is 6.92 Å². The number of carbonyl (C=O) groups is 2. The first-order chi connectivity index (χ1) is 12.5. The smallest absolute Gasteiger partial charge is 0.347 e. The Morgan fingerprint density at radius 2 is 1.96 bits per heavy atom. The highest BCUT2D eigenvalue weighted by Gasteiger charge is 2.15. The number of nitrogens with one attached hydrogen (secondary N) is 1. The van der Waals surface area contributed by atoms with Gasteiger partial charge in [-0.2, -0.15) is 0 Å². The average molecular weight is 370 g/mol. The second-order valence-electron chi connectivity index (χ2n) is 5.71. The summed E-state index contributed by atoms with van der Waals surface area (Å²) >= 11 is 1.03. The lowest BCUT2D eigenvalue weighted by molar-refractivity contribution is -0.120. The van der Waals surface area contributed by atoms with Crippen LogP contribution in [0.1, 0.15) is 20.4 Å². The van der Waals surface area contributed by atoms with Crippen molar-refractivity contribution in [3.8, 4) is 5.75 Å². The molecule has 26 heavy (non-hydrogen) atoms. The molecule has 0 spiro atoms. The molecule has 2 N–H and O–H groups in total. The SMILES string of the molecule is Cc1nc(CC(=O)NCCOc2ccc3ccccc3c2)sc1C(=O)O. The molecule has 0 saturated carbocycles. The fraction of sp³-hybridized carbons (Fsp3) is 0.211. The Kier molecular flexibility index (Phi) is 5.48. The molecule has 0 atom stereocenters. The molecular formula is C19H18N2O4S. The summed E-state index contributed by atoms with van der Waals surface area (Å²) in [5, 5.41) is 14.5. The number of thiazole rings is 1. The molecule has 0 bridgehead atoms. The monoisotopic (exact) mass is 370 g/mol. The van der Waals surface area contributed by atoms with E-state index in [1.165, 1.54) is 0 Å². The third kappa shape index (κ3) is 4.37. The number of aromatic nitrogens is 1. The van der Waals surface area contributed by atoms with E-state index in [0.29, 0.717) is 23.9 Å². The number of carbonyl (C=O) groups excluding carboxylic acids is 1. The Hall–Kier alpha value is -2.93. The van der Waals surface area contributed by atoms with Crippen LogP contribution in [0.5, 0.6) is 5.75 Å². The number of rotatable bonds is 7. The molecule has 1 amide bonds. The minimum absolute atomic E-state index is 0.0642. The number of hydrogen-bond donors (Lipinski definition) is 2. The fourth-order valence-corrected chi connectivity index (χ4v) is 3.44. The van der Waals surface area contributed by atoms with Crippen LogP contribution in [0.15, 0.2) is 42.5 Å². The Morgan fingerprint density at radius 1 is 1.19 bits per heavy atom. The Balaban J connectivity index is 1.46. The normalized spacial score (nSPS) is 10.7. The van der Waals surface area contributed by atoms with E-state index in [-0.39, 0.29) is 17.2 Å². The van der Waals surface area contributed by atoms with Crippen molar-refractivity contribution in [3.05, 3.63) is 58.0 Å². The van der Waals surface area contributed by atoms with Crippen molar-refractivity contribution in [3.63, 3.8) is 0 Å². The number of hydrogen-bond acceptors (Lipinski definition) is 5. The van der Waals surface area contributed by atoms with Crippen molar-refractivity contribution in [2.45, 2.75) is 13.3 Å². The number of carboxylic acids is 1. The minimum Gasteiger partial charge on any atom is -0.492 e. The van der Waals surface area contributed by atoms with Gasteiger partial charge in [-0.15, -0.1) is 11.3 Å². The number of fused-ring (bicyclic) bond motifs is 1. The summed E-state index contributed by atoms with van der Waals surface area (Å²) in [6, 6.07) is 13.9. The second kappa shape index (κ2) is 7.97. The van der Waals surface area contributed by atoms with E-state index in [1.807, 2.05) is 42.5 Å². The lowest BCUT2D eigenvalue weighted by Crippen LogP contribution is -2.29. The predicted octanol–water partition coefficient (Wildman–Crippen LogP) is 3.04. The molecule has 0 aliphatic rings. The van der Waals surface area contributed by atoms with Gasteiger partial charge in [-0.1, -0.05) is 30.3 Å². The number of benzene rings is 2. The van der Waals surface area contributed by atoms with E-state index in [4.69, 9.17) is 9.84 Å².